The SMILES string of the molecule is CCCCOc1ccc(CCC(=O)O)cc1-c1ccc2c(cnn2C)c1. The number of unbranched alkanes of at least 4 members (excludes halogenated alkanes) is 1. The second kappa shape index (κ2) is 8.04. The van der Waals surface area contributed by atoms with Crippen LogP contribution in [-0.2, 0) is 18.3 Å². The molecule has 0 fully saturated rings. The van der Waals surface area contributed by atoms with E-state index in [0.29, 0.717) is 13.0 Å². The molecule has 3 aromatic rings. The lowest BCUT2D eigenvalue weighted by atomic mass is 9.99. The van der Waals surface area contributed by atoms with Crippen LogP contribution in [0.5, 0.6) is 5.75 Å². The maximum absolute atomic E-state index is 10.9. The Kier molecular flexibility index (Phi) is 5.56. The van der Waals surface area contributed by atoms with Crippen molar-refractivity contribution in [2.45, 2.75) is 32.6 Å². The molecule has 0 aliphatic heterocycles. The Morgan fingerprint density at radius 1 is 1.23 bits per heavy atom. The standard InChI is InChI=1S/C21H24N2O3/c1-3-4-11-26-20-9-5-15(6-10-21(24)25)12-18(20)16-7-8-19-17(13-16)14-22-23(19)2/h5,7-9,12-14H,3-4,6,10-11H2,1-2H3,(H,24,25). The lowest BCUT2D eigenvalue weighted by molar-refractivity contribution is -0.136. The summed E-state index contributed by atoms with van der Waals surface area (Å²) in [7, 11) is 1.92. The number of fused-ring (bicyclic) bond motifs is 1. The number of carboxylic acids is 1. The molecule has 0 radical (unpaired) electrons. The van der Waals surface area contributed by atoms with Crippen molar-refractivity contribution in [3.63, 3.8) is 0 Å². The predicted molar refractivity (Wildman–Crippen MR) is 103 cm³/mol. The number of rotatable bonds is 8. The summed E-state index contributed by atoms with van der Waals surface area (Å²) in [5.74, 6) is 0.0485. The van der Waals surface area contributed by atoms with E-state index in [0.717, 1.165) is 46.2 Å². The van der Waals surface area contributed by atoms with Crippen molar-refractivity contribution in [3.05, 3.63) is 48.2 Å². The third-order valence-corrected chi connectivity index (χ3v) is 4.48. The van der Waals surface area contributed by atoms with Crippen LogP contribution in [0.4, 0.5) is 0 Å². The second-order valence-electron chi connectivity index (χ2n) is 6.47. The molecule has 2 aromatic carbocycles. The third-order valence-electron chi connectivity index (χ3n) is 4.48. The Labute approximate surface area is 153 Å². The quantitative estimate of drug-likeness (QED) is 0.609. The van der Waals surface area contributed by atoms with Gasteiger partial charge in [0.25, 0.3) is 0 Å². The minimum atomic E-state index is -0.786. The largest absolute Gasteiger partial charge is 0.493 e. The fraction of sp³-hybridized carbons (Fsp3) is 0.333. The summed E-state index contributed by atoms with van der Waals surface area (Å²) < 4.78 is 7.84. The molecule has 0 bridgehead atoms. The van der Waals surface area contributed by atoms with Crippen molar-refractivity contribution in [1.82, 2.24) is 9.78 Å². The average molecular weight is 352 g/mol. The van der Waals surface area contributed by atoms with E-state index in [1.165, 1.54) is 0 Å². The van der Waals surface area contributed by atoms with Crippen LogP contribution in [0.1, 0.15) is 31.7 Å². The van der Waals surface area contributed by atoms with Gasteiger partial charge in [-0.1, -0.05) is 25.5 Å². The lowest BCUT2D eigenvalue weighted by Crippen LogP contribution is -2.01. The summed E-state index contributed by atoms with van der Waals surface area (Å²) in [6.45, 7) is 2.81. The van der Waals surface area contributed by atoms with Gasteiger partial charge in [0.15, 0.2) is 0 Å². The summed E-state index contributed by atoms with van der Waals surface area (Å²) in [5, 5.41) is 14.3. The molecule has 0 saturated heterocycles. The van der Waals surface area contributed by atoms with Gasteiger partial charge in [-0.25, -0.2) is 0 Å². The first-order valence-corrected chi connectivity index (χ1v) is 8.98. The highest BCUT2D eigenvalue weighted by Gasteiger charge is 2.11. The van der Waals surface area contributed by atoms with Crippen molar-refractivity contribution < 1.29 is 14.6 Å². The highest BCUT2D eigenvalue weighted by Crippen LogP contribution is 2.33. The molecule has 0 atom stereocenters. The van der Waals surface area contributed by atoms with Gasteiger partial charge in [-0.2, -0.15) is 5.10 Å². The van der Waals surface area contributed by atoms with E-state index in [1.807, 2.05) is 36.1 Å². The molecule has 1 aromatic heterocycles. The van der Waals surface area contributed by atoms with Crippen LogP contribution >= 0.6 is 0 Å². The number of carboxylic acid groups (broad SMARTS) is 1. The Bertz CT molecular complexity index is 915. The Morgan fingerprint density at radius 3 is 2.85 bits per heavy atom. The van der Waals surface area contributed by atoms with E-state index in [1.54, 1.807) is 0 Å². The Balaban J connectivity index is 1.98. The number of nitrogens with zero attached hydrogens (tertiary/aromatic N) is 2. The van der Waals surface area contributed by atoms with Gasteiger partial charge in [-0.05, 0) is 48.2 Å². The smallest absolute Gasteiger partial charge is 0.303 e. The number of hydrogen-bond donors (Lipinski definition) is 1. The van der Waals surface area contributed by atoms with Gasteiger partial charge < -0.3 is 9.84 Å². The van der Waals surface area contributed by atoms with Gasteiger partial charge in [-0.3, -0.25) is 9.48 Å². The summed E-state index contributed by atoms with van der Waals surface area (Å²) in [4.78, 5) is 10.9. The fourth-order valence-electron chi connectivity index (χ4n) is 2.99. The molecule has 5 nitrogen and oxygen atoms in total. The third kappa shape index (κ3) is 4.04. The summed E-state index contributed by atoms with van der Waals surface area (Å²) >= 11 is 0. The Morgan fingerprint density at radius 2 is 2.08 bits per heavy atom. The maximum Gasteiger partial charge on any atom is 0.303 e. The molecule has 5 heteroatoms. The monoisotopic (exact) mass is 352 g/mol. The first kappa shape index (κ1) is 18.0. The van der Waals surface area contributed by atoms with Crippen LogP contribution in [0.15, 0.2) is 42.6 Å². The van der Waals surface area contributed by atoms with Crippen LogP contribution in [-0.4, -0.2) is 27.5 Å². The summed E-state index contributed by atoms with van der Waals surface area (Å²) in [5.41, 5.74) is 4.12. The van der Waals surface area contributed by atoms with Crippen LogP contribution in [0.25, 0.3) is 22.0 Å². The molecule has 136 valence electrons. The Hall–Kier alpha value is -2.82. The number of carbonyl (C=O) groups is 1. The van der Waals surface area contributed by atoms with E-state index in [2.05, 4.69) is 30.2 Å². The highest BCUT2D eigenvalue weighted by molar-refractivity contribution is 5.86. The first-order valence-electron chi connectivity index (χ1n) is 8.98. The van der Waals surface area contributed by atoms with Gasteiger partial charge in [0.2, 0.25) is 0 Å². The van der Waals surface area contributed by atoms with Crippen LogP contribution in [0, 0.1) is 0 Å². The zero-order valence-electron chi connectivity index (χ0n) is 15.2. The molecule has 26 heavy (non-hydrogen) atoms. The number of aryl methyl sites for hydroxylation is 2. The maximum atomic E-state index is 10.9. The van der Waals surface area contributed by atoms with Gasteiger partial charge in [-0.15, -0.1) is 0 Å². The van der Waals surface area contributed by atoms with E-state index in [9.17, 15) is 4.79 Å². The van der Waals surface area contributed by atoms with E-state index < -0.39 is 5.97 Å². The van der Waals surface area contributed by atoms with Gasteiger partial charge in [0.1, 0.15) is 5.75 Å². The molecule has 1 N–H and O–H groups in total. The topological polar surface area (TPSA) is 64.3 Å². The van der Waals surface area contributed by atoms with Gasteiger partial charge in [0, 0.05) is 24.4 Å². The fourth-order valence-corrected chi connectivity index (χ4v) is 2.99. The number of aromatic nitrogens is 2. The molecule has 0 aliphatic rings. The first-order chi connectivity index (χ1) is 12.6. The van der Waals surface area contributed by atoms with Crippen molar-refractivity contribution in [2.24, 2.45) is 7.05 Å². The minimum absolute atomic E-state index is 0.122. The molecule has 0 unspecified atom stereocenters. The highest BCUT2D eigenvalue weighted by atomic mass is 16.5. The summed E-state index contributed by atoms with van der Waals surface area (Å²) in [6, 6.07) is 12.2. The normalized spacial score (nSPS) is 11.0. The zero-order chi connectivity index (χ0) is 18.5. The van der Waals surface area contributed by atoms with Crippen LogP contribution in [0.3, 0.4) is 0 Å². The van der Waals surface area contributed by atoms with Crippen molar-refractivity contribution in [3.8, 4) is 16.9 Å². The molecule has 0 spiro atoms. The van der Waals surface area contributed by atoms with Crippen molar-refractivity contribution in [1.29, 1.82) is 0 Å². The summed E-state index contributed by atoms with van der Waals surface area (Å²) in [6.07, 6.45) is 4.56. The molecular weight excluding hydrogens is 328 g/mol. The average Bonchev–Trinajstić information content (AvgIpc) is 3.01. The number of aliphatic carboxylic acids is 1. The number of benzene rings is 2. The molecule has 3 rings (SSSR count). The van der Waals surface area contributed by atoms with Crippen molar-refractivity contribution in [2.75, 3.05) is 6.61 Å². The molecule has 0 amide bonds. The second-order valence-corrected chi connectivity index (χ2v) is 6.47. The molecule has 0 saturated carbocycles. The minimum Gasteiger partial charge on any atom is -0.493 e. The predicted octanol–water partition coefficient (Wildman–Crippen LogP) is 4.44. The number of ether oxygens (including phenoxy) is 1. The molecule has 0 aliphatic carbocycles. The van der Waals surface area contributed by atoms with Crippen LogP contribution < -0.4 is 4.74 Å². The van der Waals surface area contributed by atoms with E-state index >= 15 is 0 Å². The number of hydrogen-bond acceptors (Lipinski definition) is 3. The molecular formula is C21H24N2O3. The van der Waals surface area contributed by atoms with E-state index in [4.69, 9.17) is 9.84 Å². The molecule has 1 heterocycles. The van der Waals surface area contributed by atoms with Crippen LogP contribution in [0.2, 0.25) is 0 Å². The van der Waals surface area contributed by atoms with E-state index in [-0.39, 0.29) is 6.42 Å². The van der Waals surface area contributed by atoms with Crippen molar-refractivity contribution >= 4 is 16.9 Å². The lowest BCUT2D eigenvalue weighted by Gasteiger charge is -2.14. The zero-order valence-corrected chi connectivity index (χ0v) is 15.2. The van der Waals surface area contributed by atoms with Gasteiger partial charge >= 0.3 is 5.97 Å². The van der Waals surface area contributed by atoms with Gasteiger partial charge in [0.05, 0.1) is 18.3 Å².